The minimum Gasteiger partial charge on any atom is -0.494 e. The van der Waals surface area contributed by atoms with Gasteiger partial charge in [-0.25, -0.2) is 4.39 Å². The Morgan fingerprint density at radius 3 is 2.40 bits per heavy atom. The maximum Gasteiger partial charge on any atom is 0.123 e. The van der Waals surface area contributed by atoms with Crippen molar-refractivity contribution in [1.29, 1.82) is 0 Å². The highest BCUT2D eigenvalue weighted by molar-refractivity contribution is 5.42. The molecule has 0 aliphatic carbocycles. The van der Waals surface area contributed by atoms with Crippen LogP contribution in [0.5, 0.6) is 11.5 Å². The zero-order chi connectivity index (χ0) is 14.2. The molecule has 4 heteroatoms. The van der Waals surface area contributed by atoms with Gasteiger partial charge in [-0.3, -0.25) is 0 Å². The van der Waals surface area contributed by atoms with Gasteiger partial charge in [0.15, 0.2) is 0 Å². The largest absolute Gasteiger partial charge is 0.494 e. The highest BCUT2D eigenvalue weighted by Crippen LogP contribution is 2.19. The van der Waals surface area contributed by atoms with E-state index in [-0.39, 0.29) is 5.82 Å². The summed E-state index contributed by atoms with van der Waals surface area (Å²) >= 11 is 0. The van der Waals surface area contributed by atoms with Crippen LogP contribution in [0.3, 0.4) is 0 Å². The Bertz CT molecular complexity index is 528. The van der Waals surface area contributed by atoms with Crippen molar-refractivity contribution in [2.24, 2.45) is 0 Å². The molecule has 0 bridgehead atoms. The second-order valence-electron chi connectivity index (χ2n) is 4.19. The molecule has 2 aromatic carbocycles. The van der Waals surface area contributed by atoms with Crippen LogP contribution in [0.4, 0.5) is 10.1 Å². The molecule has 2 rings (SSSR count). The van der Waals surface area contributed by atoms with Crippen LogP contribution in [0.15, 0.2) is 48.5 Å². The van der Waals surface area contributed by atoms with E-state index in [0.717, 1.165) is 17.2 Å². The lowest BCUT2D eigenvalue weighted by molar-refractivity contribution is 0.319. The number of anilines is 1. The van der Waals surface area contributed by atoms with Gasteiger partial charge in [0.1, 0.15) is 23.9 Å². The molecule has 0 heterocycles. The van der Waals surface area contributed by atoms with Crippen molar-refractivity contribution in [2.75, 3.05) is 25.1 Å². The fraction of sp³-hybridized carbons (Fsp3) is 0.250. The molecule has 1 N–H and O–H groups in total. The van der Waals surface area contributed by atoms with Crippen molar-refractivity contribution in [1.82, 2.24) is 0 Å². The van der Waals surface area contributed by atoms with Crippen LogP contribution < -0.4 is 14.8 Å². The fourth-order valence-corrected chi connectivity index (χ4v) is 1.75. The van der Waals surface area contributed by atoms with Crippen LogP contribution in [0.25, 0.3) is 0 Å². The molecule has 0 saturated heterocycles. The number of nitrogens with one attached hydrogen (secondary N) is 1. The number of rotatable bonds is 7. The van der Waals surface area contributed by atoms with E-state index in [2.05, 4.69) is 5.32 Å². The number of halogens is 1. The molecule has 0 spiro atoms. The normalized spacial score (nSPS) is 10.1. The van der Waals surface area contributed by atoms with Crippen LogP contribution in [0.1, 0.15) is 6.92 Å². The number of hydrogen-bond donors (Lipinski definition) is 1. The number of benzene rings is 2. The third-order valence-electron chi connectivity index (χ3n) is 2.66. The second-order valence-corrected chi connectivity index (χ2v) is 4.19. The van der Waals surface area contributed by atoms with Crippen molar-refractivity contribution in [2.45, 2.75) is 6.92 Å². The highest BCUT2D eigenvalue weighted by atomic mass is 19.1. The Balaban J connectivity index is 1.75. The van der Waals surface area contributed by atoms with Crippen LogP contribution in [-0.2, 0) is 0 Å². The molecular formula is C16H18FNO2. The lowest BCUT2D eigenvalue weighted by atomic mass is 10.3. The average molecular weight is 275 g/mol. The molecule has 106 valence electrons. The van der Waals surface area contributed by atoms with Crippen molar-refractivity contribution < 1.29 is 13.9 Å². The van der Waals surface area contributed by atoms with Crippen molar-refractivity contribution in [3.63, 3.8) is 0 Å². The van der Waals surface area contributed by atoms with E-state index in [0.29, 0.717) is 19.8 Å². The molecule has 0 aliphatic heterocycles. The van der Waals surface area contributed by atoms with Crippen LogP contribution in [0.2, 0.25) is 0 Å². The average Bonchev–Trinajstić information content (AvgIpc) is 2.46. The van der Waals surface area contributed by atoms with Crippen molar-refractivity contribution >= 4 is 5.69 Å². The summed E-state index contributed by atoms with van der Waals surface area (Å²) in [5.41, 5.74) is 0.873. The summed E-state index contributed by atoms with van der Waals surface area (Å²) in [6.07, 6.45) is 0. The summed E-state index contributed by atoms with van der Waals surface area (Å²) in [6.45, 7) is 3.74. The van der Waals surface area contributed by atoms with Gasteiger partial charge in [0.25, 0.3) is 0 Å². The third kappa shape index (κ3) is 4.46. The number of ether oxygens (including phenoxy) is 2. The molecule has 0 saturated carbocycles. The van der Waals surface area contributed by atoms with E-state index in [1.807, 2.05) is 31.2 Å². The van der Waals surface area contributed by atoms with E-state index in [1.54, 1.807) is 12.1 Å². The minimum absolute atomic E-state index is 0.237. The molecule has 0 aromatic heterocycles. The van der Waals surface area contributed by atoms with Crippen LogP contribution >= 0.6 is 0 Å². The fourth-order valence-electron chi connectivity index (χ4n) is 1.75. The SMILES string of the molecule is CCOc1cccc(OCCNc2ccc(F)cc2)c1. The molecule has 0 amide bonds. The Morgan fingerprint density at radius 2 is 1.70 bits per heavy atom. The van der Waals surface area contributed by atoms with Gasteiger partial charge in [-0.05, 0) is 43.3 Å². The third-order valence-corrected chi connectivity index (χ3v) is 2.66. The van der Waals surface area contributed by atoms with Gasteiger partial charge in [-0.2, -0.15) is 0 Å². The Labute approximate surface area is 118 Å². The Hall–Kier alpha value is -2.23. The van der Waals surface area contributed by atoms with Crippen molar-refractivity contribution in [3.05, 3.63) is 54.3 Å². The molecule has 0 atom stereocenters. The lowest BCUT2D eigenvalue weighted by Crippen LogP contribution is -2.11. The van der Waals surface area contributed by atoms with Gasteiger partial charge in [0.2, 0.25) is 0 Å². The van der Waals surface area contributed by atoms with Gasteiger partial charge >= 0.3 is 0 Å². The zero-order valence-electron chi connectivity index (χ0n) is 11.4. The Kier molecular flexibility index (Phi) is 5.24. The maximum atomic E-state index is 12.7. The topological polar surface area (TPSA) is 30.5 Å². The molecular weight excluding hydrogens is 257 g/mol. The van der Waals surface area contributed by atoms with Gasteiger partial charge in [0.05, 0.1) is 6.61 Å². The summed E-state index contributed by atoms with van der Waals surface area (Å²) in [5, 5.41) is 3.16. The molecule has 0 unspecified atom stereocenters. The van der Waals surface area contributed by atoms with Crippen LogP contribution in [-0.4, -0.2) is 19.8 Å². The Morgan fingerprint density at radius 1 is 1.00 bits per heavy atom. The predicted octanol–water partition coefficient (Wildman–Crippen LogP) is 3.72. The van der Waals surface area contributed by atoms with Gasteiger partial charge in [-0.15, -0.1) is 0 Å². The van der Waals surface area contributed by atoms with E-state index in [9.17, 15) is 4.39 Å². The predicted molar refractivity (Wildman–Crippen MR) is 78.0 cm³/mol. The summed E-state index contributed by atoms with van der Waals surface area (Å²) < 4.78 is 23.8. The van der Waals surface area contributed by atoms with Gasteiger partial charge in [-0.1, -0.05) is 6.07 Å². The summed E-state index contributed by atoms with van der Waals surface area (Å²) in [7, 11) is 0. The summed E-state index contributed by atoms with van der Waals surface area (Å²) in [4.78, 5) is 0. The highest BCUT2D eigenvalue weighted by Gasteiger charge is 1.98. The quantitative estimate of drug-likeness (QED) is 0.781. The standard InChI is InChI=1S/C16H18FNO2/c1-2-19-15-4-3-5-16(12-15)20-11-10-18-14-8-6-13(17)7-9-14/h3-9,12,18H,2,10-11H2,1H3. The molecule has 0 radical (unpaired) electrons. The van der Waals surface area contributed by atoms with E-state index >= 15 is 0 Å². The minimum atomic E-state index is -0.237. The van der Waals surface area contributed by atoms with E-state index < -0.39 is 0 Å². The molecule has 2 aromatic rings. The van der Waals surface area contributed by atoms with Crippen molar-refractivity contribution in [3.8, 4) is 11.5 Å². The first-order valence-electron chi connectivity index (χ1n) is 6.63. The maximum absolute atomic E-state index is 12.7. The number of hydrogen-bond acceptors (Lipinski definition) is 3. The molecule has 3 nitrogen and oxygen atoms in total. The molecule has 0 fully saturated rings. The van der Waals surface area contributed by atoms with E-state index in [4.69, 9.17) is 9.47 Å². The molecule has 0 aliphatic rings. The first-order valence-corrected chi connectivity index (χ1v) is 6.63. The lowest BCUT2D eigenvalue weighted by Gasteiger charge is -2.10. The smallest absolute Gasteiger partial charge is 0.123 e. The van der Waals surface area contributed by atoms with Gasteiger partial charge in [0, 0.05) is 18.3 Å². The monoisotopic (exact) mass is 275 g/mol. The van der Waals surface area contributed by atoms with Gasteiger partial charge < -0.3 is 14.8 Å². The second kappa shape index (κ2) is 7.38. The first-order chi connectivity index (χ1) is 9.78. The zero-order valence-corrected chi connectivity index (χ0v) is 11.4. The summed E-state index contributed by atoms with van der Waals surface area (Å²) in [6, 6.07) is 13.8. The first kappa shape index (κ1) is 14.2. The molecule has 20 heavy (non-hydrogen) atoms. The van der Waals surface area contributed by atoms with Crippen LogP contribution in [0, 0.1) is 5.82 Å². The van der Waals surface area contributed by atoms with E-state index in [1.165, 1.54) is 12.1 Å². The summed E-state index contributed by atoms with van der Waals surface area (Å²) in [5.74, 6) is 1.34.